The van der Waals surface area contributed by atoms with Crippen LogP contribution >= 0.6 is 0 Å². The number of rotatable bonds is 5. The van der Waals surface area contributed by atoms with Crippen molar-refractivity contribution in [2.45, 2.75) is 63.1 Å². The first-order chi connectivity index (χ1) is 9.95. The summed E-state index contributed by atoms with van der Waals surface area (Å²) in [5, 5.41) is 9.85. The van der Waals surface area contributed by atoms with Crippen LogP contribution in [0.1, 0.15) is 44.9 Å². The number of aliphatic hydroxyl groups is 1. The number of aliphatic hydroxyl groups excluding tert-OH is 1. The predicted molar refractivity (Wildman–Crippen MR) is 83.8 cm³/mol. The van der Waals surface area contributed by atoms with Gasteiger partial charge in [-0.2, -0.15) is 0 Å². The van der Waals surface area contributed by atoms with E-state index in [0.717, 1.165) is 38.6 Å². The van der Waals surface area contributed by atoms with Crippen LogP contribution in [0.25, 0.3) is 0 Å². The summed E-state index contributed by atoms with van der Waals surface area (Å²) in [6, 6.07) is 0.539. The average molecular weight is 297 g/mol. The molecule has 1 saturated carbocycles. The third-order valence-corrected chi connectivity index (χ3v) is 4.95. The molecule has 2 atom stereocenters. The zero-order valence-electron chi connectivity index (χ0n) is 13.5. The molecule has 122 valence electrons. The fourth-order valence-corrected chi connectivity index (χ4v) is 3.74. The summed E-state index contributed by atoms with van der Waals surface area (Å²) in [5.41, 5.74) is 5.92. The Balaban J connectivity index is 1.78. The lowest BCUT2D eigenvalue weighted by molar-refractivity contribution is -0.132. The van der Waals surface area contributed by atoms with E-state index in [4.69, 9.17) is 5.73 Å². The van der Waals surface area contributed by atoms with Crippen molar-refractivity contribution in [3.05, 3.63) is 0 Å². The maximum absolute atomic E-state index is 12.5. The number of likely N-dealkylation sites (N-methyl/N-ethyl adjacent to an activating group) is 1. The Morgan fingerprint density at radius 2 is 1.95 bits per heavy atom. The molecular weight excluding hydrogens is 266 g/mol. The molecule has 5 nitrogen and oxygen atoms in total. The lowest BCUT2D eigenvalue weighted by Crippen LogP contribution is -2.41. The van der Waals surface area contributed by atoms with Crippen LogP contribution in [0.4, 0.5) is 0 Å². The fourth-order valence-electron chi connectivity index (χ4n) is 3.74. The van der Waals surface area contributed by atoms with Crippen molar-refractivity contribution in [2.24, 2.45) is 11.7 Å². The molecule has 2 rings (SSSR count). The number of carbonyl (C=O) groups is 1. The number of hydrogen-bond acceptors (Lipinski definition) is 4. The van der Waals surface area contributed by atoms with E-state index >= 15 is 0 Å². The van der Waals surface area contributed by atoms with Crippen LogP contribution < -0.4 is 5.73 Å². The summed E-state index contributed by atoms with van der Waals surface area (Å²) in [7, 11) is 4.03. The van der Waals surface area contributed by atoms with Crippen LogP contribution in [0.2, 0.25) is 0 Å². The number of hydrogen-bond donors (Lipinski definition) is 2. The minimum absolute atomic E-state index is 0.169. The van der Waals surface area contributed by atoms with Gasteiger partial charge in [-0.1, -0.05) is 0 Å². The molecule has 0 radical (unpaired) electrons. The van der Waals surface area contributed by atoms with Crippen LogP contribution in [-0.4, -0.2) is 66.2 Å². The second-order valence-electron chi connectivity index (χ2n) is 7.17. The lowest BCUT2D eigenvalue weighted by atomic mass is 9.83. The molecule has 21 heavy (non-hydrogen) atoms. The van der Waals surface area contributed by atoms with Crippen molar-refractivity contribution in [3.8, 4) is 0 Å². The molecule has 0 aromatic carbocycles. The SMILES string of the molecule is CN(C)CC1CC(O)CN1C(=O)CCC1CCC(N)CC1. The summed E-state index contributed by atoms with van der Waals surface area (Å²) in [5.74, 6) is 0.877. The molecule has 0 aromatic heterocycles. The maximum atomic E-state index is 12.5. The molecule has 3 N–H and O–H groups in total. The van der Waals surface area contributed by atoms with Gasteiger partial charge in [-0.15, -0.1) is 0 Å². The molecule has 0 spiro atoms. The van der Waals surface area contributed by atoms with Crippen LogP contribution in [0, 0.1) is 5.92 Å². The van der Waals surface area contributed by atoms with E-state index in [0.29, 0.717) is 31.3 Å². The van der Waals surface area contributed by atoms with Gasteiger partial charge in [0.15, 0.2) is 0 Å². The Morgan fingerprint density at radius 3 is 2.57 bits per heavy atom. The Kier molecular flexibility index (Phi) is 6.02. The Morgan fingerprint density at radius 1 is 1.29 bits per heavy atom. The topological polar surface area (TPSA) is 69.8 Å². The number of likely N-dealkylation sites (tertiary alicyclic amines) is 1. The minimum atomic E-state index is -0.355. The Hall–Kier alpha value is -0.650. The monoisotopic (exact) mass is 297 g/mol. The standard InChI is InChI=1S/C16H31N3O2/c1-18(2)10-14-9-15(20)11-19(14)16(21)8-5-12-3-6-13(17)7-4-12/h12-15,20H,3-11,17H2,1-2H3. The third kappa shape index (κ3) is 4.94. The summed E-state index contributed by atoms with van der Waals surface area (Å²) in [4.78, 5) is 16.5. The van der Waals surface area contributed by atoms with E-state index in [1.54, 1.807) is 0 Å². The Labute approximate surface area is 128 Å². The summed E-state index contributed by atoms with van der Waals surface area (Å²) in [6.45, 7) is 1.34. The van der Waals surface area contributed by atoms with Crippen LogP contribution in [0.3, 0.4) is 0 Å². The van der Waals surface area contributed by atoms with Gasteiger partial charge in [-0.25, -0.2) is 0 Å². The van der Waals surface area contributed by atoms with Crippen LogP contribution in [0.5, 0.6) is 0 Å². The van der Waals surface area contributed by atoms with E-state index in [1.807, 2.05) is 19.0 Å². The lowest BCUT2D eigenvalue weighted by Gasteiger charge is -2.29. The van der Waals surface area contributed by atoms with Gasteiger partial charge < -0.3 is 20.6 Å². The quantitative estimate of drug-likeness (QED) is 0.788. The van der Waals surface area contributed by atoms with E-state index in [-0.39, 0.29) is 18.1 Å². The first-order valence-corrected chi connectivity index (χ1v) is 8.33. The molecule has 2 fully saturated rings. The first kappa shape index (κ1) is 16.7. The second kappa shape index (κ2) is 7.56. The van der Waals surface area contributed by atoms with Gasteiger partial charge >= 0.3 is 0 Å². The van der Waals surface area contributed by atoms with Gasteiger partial charge in [0.25, 0.3) is 0 Å². The van der Waals surface area contributed by atoms with Crippen molar-refractivity contribution in [3.63, 3.8) is 0 Å². The van der Waals surface area contributed by atoms with Gasteiger partial charge in [0, 0.05) is 31.6 Å². The number of carbonyl (C=O) groups excluding carboxylic acids is 1. The van der Waals surface area contributed by atoms with Gasteiger partial charge in [-0.3, -0.25) is 4.79 Å². The highest BCUT2D eigenvalue weighted by atomic mass is 16.3. The minimum Gasteiger partial charge on any atom is -0.391 e. The van der Waals surface area contributed by atoms with Crippen molar-refractivity contribution in [1.29, 1.82) is 0 Å². The van der Waals surface area contributed by atoms with Gasteiger partial charge in [0.2, 0.25) is 5.91 Å². The van der Waals surface area contributed by atoms with Crippen LogP contribution in [-0.2, 0) is 4.79 Å². The number of amides is 1. The fraction of sp³-hybridized carbons (Fsp3) is 0.938. The highest BCUT2D eigenvalue weighted by Crippen LogP contribution is 2.28. The van der Waals surface area contributed by atoms with Gasteiger partial charge in [0.1, 0.15) is 0 Å². The predicted octanol–water partition coefficient (Wildman–Crippen LogP) is 0.808. The van der Waals surface area contributed by atoms with Crippen molar-refractivity contribution in [2.75, 3.05) is 27.2 Å². The van der Waals surface area contributed by atoms with Crippen molar-refractivity contribution in [1.82, 2.24) is 9.80 Å². The third-order valence-electron chi connectivity index (χ3n) is 4.95. The summed E-state index contributed by atoms with van der Waals surface area (Å²) >= 11 is 0. The Bertz CT molecular complexity index is 340. The molecule has 5 heteroatoms. The van der Waals surface area contributed by atoms with Crippen LogP contribution in [0.15, 0.2) is 0 Å². The molecule has 1 heterocycles. The average Bonchev–Trinajstić information content (AvgIpc) is 2.78. The number of nitrogens with zero attached hydrogens (tertiary/aromatic N) is 2. The molecular formula is C16H31N3O2. The van der Waals surface area contributed by atoms with Crippen molar-refractivity contribution < 1.29 is 9.90 Å². The van der Waals surface area contributed by atoms with Gasteiger partial charge in [0.05, 0.1) is 6.10 Å². The normalized spacial score (nSPS) is 33.7. The van der Waals surface area contributed by atoms with E-state index in [2.05, 4.69) is 4.90 Å². The second-order valence-corrected chi connectivity index (χ2v) is 7.17. The first-order valence-electron chi connectivity index (χ1n) is 8.33. The molecule has 1 saturated heterocycles. The number of nitrogens with two attached hydrogens (primary N) is 1. The highest BCUT2D eigenvalue weighted by molar-refractivity contribution is 5.77. The molecule has 0 bridgehead atoms. The van der Waals surface area contributed by atoms with Gasteiger partial charge in [-0.05, 0) is 58.5 Å². The molecule has 2 aliphatic rings. The zero-order valence-corrected chi connectivity index (χ0v) is 13.5. The number of β-amino-alcohol motifs (C(OH)–C–C–N with tert-alkyl or cyclic N) is 1. The molecule has 1 aliphatic heterocycles. The molecule has 0 aromatic rings. The zero-order chi connectivity index (χ0) is 15.4. The smallest absolute Gasteiger partial charge is 0.222 e. The highest BCUT2D eigenvalue weighted by Gasteiger charge is 2.34. The largest absolute Gasteiger partial charge is 0.391 e. The van der Waals surface area contributed by atoms with E-state index in [1.165, 1.54) is 0 Å². The maximum Gasteiger partial charge on any atom is 0.222 e. The van der Waals surface area contributed by atoms with E-state index < -0.39 is 0 Å². The van der Waals surface area contributed by atoms with E-state index in [9.17, 15) is 9.90 Å². The summed E-state index contributed by atoms with van der Waals surface area (Å²) < 4.78 is 0. The molecule has 1 amide bonds. The molecule has 2 unspecified atom stereocenters. The van der Waals surface area contributed by atoms with Crippen molar-refractivity contribution >= 4 is 5.91 Å². The molecule has 1 aliphatic carbocycles. The summed E-state index contributed by atoms with van der Waals surface area (Å²) in [6.07, 6.45) is 6.49.